The Balaban J connectivity index is 2.04. The van der Waals surface area contributed by atoms with Gasteiger partial charge in [0.1, 0.15) is 5.69 Å². The first-order chi connectivity index (χ1) is 8.18. The second kappa shape index (κ2) is 5.27. The molecule has 0 spiro atoms. The average Bonchev–Trinajstić information content (AvgIpc) is 2.32. The first kappa shape index (κ1) is 12.0. The van der Waals surface area contributed by atoms with Gasteiger partial charge in [0.15, 0.2) is 0 Å². The molecule has 1 aliphatic carbocycles. The average molecular weight is 234 g/mol. The third kappa shape index (κ3) is 2.82. The van der Waals surface area contributed by atoms with E-state index in [0.717, 1.165) is 31.2 Å². The number of aliphatic hydroxyl groups excluding tert-OH is 1. The highest BCUT2D eigenvalue weighted by atomic mass is 16.3. The van der Waals surface area contributed by atoms with Gasteiger partial charge in [-0.05, 0) is 31.4 Å². The molecule has 17 heavy (non-hydrogen) atoms. The Hall–Kier alpha value is -1.42. The van der Waals surface area contributed by atoms with Gasteiger partial charge in [-0.2, -0.15) is 0 Å². The van der Waals surface area contributed by atoms with Crippen molar-refractivity contribution in [1.29, 1.82) is 0 Å². The predicted octanol–water partition coefficient (Wildman–Crippen LogP) is 1.42. The summed E-state index contributed by atoms with van der Waals surface area (Å²) in [5.74, 6) is -0.186. The summed E-state index contributed by atoms with van der Waals surface area (Å²) >= 11 is 0. The van der Waals surface area contributed by atoms with Gasteiger partial charge >= 0.3 is 0 Å². The number of nitrogens with zero attached hydrogens (tertiary/aromatic N) is 1. The normalized spacial score (nSPS) is 24.4. The third-order valence-electron chi connectivity index (χ3n) is 3.27. The largest absolute Gasteiger partial charge is 0.391 e. The number of pyridine rings is 1. The molecular formula is C13H18N2O2. The number of aryl methyl sites for hydroxylation is 1. The number of amides is 1. The number of hydrogen-bond donors (Lipinski definition) is 2. The summed E-state index contributed by atoms with van der Waals surface area (Å²) in [6, 6.07) is 3.54. The molecule has 0 saturated heterocycles. The lowest BCUT2D eigenvalue weighted by atomic mass is 9.92. The van der Waals surface area contributed by atoms with E-state index in [1.165, 1.54) is 0 Å². The fraction of sp³-hybridized carbons (Fsp3) is 0.538. The Kier molecular flexibility index (Phi) is 3.74. The monoisotopic (exact) mass is 234 g/mol. The van der Waals surface area contributed by atoms with Gasteiger partial charge in [-0.15, -0.1) is 0 Å². The molecule has 1 heterocycles. The molecule has 4 heteroatoms. The lowest BCUT2D eigenvalue weighted by molar-refractivity contribution is 0.0713. The van der Waals surface area contributed by atoms with Gasteiger partial charge in [-0.3, -0.25) is 9.78 Å². The molecule has 2 atom stereocenters. The zero-order valence-corrected chi connectivity index (χ0v) is 10.0. The van der Waals surface area contributed by atoms with Crippen molar-refractivity contribution in [3.63, 3.8) is 0 Å². The summed E-state index contributed by atoms with van der Waals surface area (Å²) in [6.07, 6.45) is 4.90. The second-order valence-corrected chi connectivity index (χ2v) is 4.60. The van der Waals surface area contributed by atoms with E-state index in [0.29, 0.717) is 5.69 Å². The van der Waals surface area contributed by atoms with Gasteiger partial charge in [-0.1, -0.05) is 18.9 Å². The molecule has 0 bridgehead atoms. The van der Waals surface area contributed by atoms with Crippen molar-refractivity contribution in [2.45, 2.75) is 44.8 Å². The minimum absolute atomic E-state index is 0.127. The fourth-order valence-electron chi connectivity index (χ4n) is 2.24. The van der Waals surface area contributed by atoms with Gasteiger partial charge < -0.3 is 10.4 Å². The highest BCUT2D eigenvalue weighted by molar-refractivity contribution is 5.93. The molecule has 0 aromatic carbocycles. The lowest BCUT2D eigenvalue weighted by Gasteiger charge is -2.28. The Morgan fingerprint density at radius 3 is 2.94 bits per heavy atom. The first-order valence-corrected chi connectivity index (χ1v) is 6.09. The van der Waals surface area contributed by atoms with Crippen LogP contribution >= 0.6 is 0 Å². The second-order valence-electron chi connectivity index (χ2n) is 4.60. The molecule has 2 rings (SSSR count). The van der Waals surface area contributed by atoms with E-state index in [2.05, 4.69) is 10.3 Å². The SMILES string of the molecule is Cc1cccnc1C(=O)N[C@H]1CCCC[C@@H]1O. The van der Waals surface area contributed by atoms with Crippen molar-refractivity contribution in [3.05, 3.63) is 29.6 Å². The maximum atomic E-state index is 12.0. The summed E-state index contributed by atoms with van der Waals surface area (Å²) < 4.78 is 0. The molecular weight excluding hydrogens is 216 g/mol. The number of hydrogen-bond acceptors (Lipinski definition) is 3. The molecule has 92 valence electrons. The molecule has 2 N–H and O–H groups in total. The molecule has 1 fully saturated rings. The van der Waals surface area contributed by atoms with E-state index < -0.39 is 6.10 Å². The molecule has 1 aromatic rings. The number of rotatable bonds is 2. The topological polar surface area (TPSA) is 62.2 Å². The van der Waals surface area contributed by atoms with Crippen molar-refractivity contribution in [2.24, 2.45) is 0 Å². The van der Waals surface area contributed by atoms with Gasteiger partial charge in [0.25, 0.3) is 5.91 Å². The first-order valence-electron chi connectivity index (χ1n) is 6.09. The van der Waals surface area contributed by atoms with Gasteiger partial charge in [0.2, 0.25) is 0 Å². The van der Waals surface area contributed by atoms with Crippen LogP contribution in [-0.2, 0) is 0 Å². The van der Waals surface area contributed by atoms with Crippen LogP contribution in [0.15, 0.2) is 18.3 Å². The van der Waals surface area contributed by atoms with Crippen LogP contribution in [0.1, 0.15) is 41.7 Å². The number of aliphatic hydroxyl groups is 1. The van der Waals surface area contributed by atoms with Crippen LogP contribution in [0.5, 0.6) is 0 Å². The maximum absolute atomic E-state index is 12.0. The van der Waals surface area contributed by atoms with Gasteiger partial charge in [0.05, 0.1) is 12.1 Å². The standard InChI is InChI=1S/C13H18N2O2/c1-9-5-4-8-14-12(9)13(17)15-10-6-2-3-7-11(10)16/h4-5,8,10-11,16H,2-3,6-7H2,1H3,(H,15,17)/t10-,11-/m0/s1. The van der Waals surface area contributed by atoms with Crippen LogP contribution in [0, 0.1) is 6.92 Å². The van der Waals surface area contributed by atoms with Crippen molar-refractivity contribution >= 4 is 5.91 Å². The number of carbonyl (C=O) groups excluding carboxylic acids is 1. The summed E-state index contributed by atoms with van der Waals surface area (Å²) in [5, 5.41) is 12.7. The van der Waals surface area contributed by atoms with Crippen LogP contribution in [0.25, 0.3) is 0 Å². The highest BCUT2D eigenvalue weighted by Crippen LogP contribution is 2.18. The minimum atomic E-state index is -0.420. The number of aromatic nitrogens is 1. The zero-order valence-electron chi connectivity index (χ0n) is 10.0. The Labute approximate surface area is 101 Å². The summed E-state index contributed by atoms with van der Waals surface area (Å²) in [7, 11) is 0. The Morgan fingerprint density at radius 1 is 1.47 bits per heavy atom. The van der Waals surface area contributed by atoms with E-state index >= 15 is 0 Å². The fourth-order valence-corrected chi connectivity index (χ4v) is 2.24. The van der Waals surface area contributed by atoms with Crippen molar-refractivity contribution in [1.82, 2.24) is 10.3 Å². The van der Waals surface area contributed by atoms with Crippen molar-refractivity contribution < 1.29 is 9.90 Å². The number of nitrogens with one attached hydrogen (secondary N) is 1. The molecule has 0 aliphatic heterocycles. The summed E-state index contributed by atoms with van der Waals surface area (Å²) in [4.78, 5) is 16.1. The molecule has 1 amide bonds. The van der Waals surface area contributed by atoms with E-state index in [9.17, 15) is 9.90 Å². The highest BCUT2D eigenvalue weighted by Gasteiger charge is 2.25. The maximum Gasteiger partial charge on any atom is 0.270 e. The van der Waals surface area contributed by atoms with Crippen molar-refractivity contribution in [2.75, 3.05) is 0 Å². The molecule has 0 radical (unpaired) electrons. The van der Waals surface area contributed by atoms with E-state index in [-0.39, 0.29) is 11.9 Å². The molecule has 0 unspecified atom stereocenters. The molecule has 1 saturated carbocycles. The molecule has 4 nitrogen and oxygen atoms in total. The van der Waals surface area contributed by atoms with Crippen LogP contribution < -0.4 is 5.32 Å². The predicted molar refractivity (Wildman–Crippen MR) is 64.7 cm³/mol. The van der Waals surface area contributed by atoms with E-state index in [4.69, 9.17) is 0 Å². The van der Waals surface area contributed by atoms with E-state index in [1.807, 2.05) is 19.1 Å². The summed E-state index contributed by atoms with van der Waals surface area (Å²) in [6.45, 7) is 1.86. The quantitative estimate of drug-likeness (QED) is 0.813. The zero-order chi connectivity index (χ0) is 12.3. The molecule has 1 aromatic heterocycles. The van der Waals surface area contributed by atoms with Crippen molar-refractivity contribution in [3.8, 4) is 0 Å². The lowest BCUT2D eigenvalue weighted by Crippen LogP contribution is -2.45. The van der Waals surface area contributed by atoms with E-state index in [1.54, 1.807) is 6.20 Å². The third-order valence-corrected chi connectivity index (χ3v) is 3.27. The van der Waals surface area contributed by atoms with Gasteiger partial charge in [-0.25, -0.2) is 0 Å². The van der Waals surface area contributed by atoms with Crippen LogP contribution in [0.4, 0.5) is 0 Å². The molecule has 1 aliphatic rings. The summed E-state index contributed by atoms with van der Waals surface area (Å²) in [5.41, 5.74) is 1.31. The smallest absolute Gasteiger partial charge is 0.270 e. The van der Waals surface area contributed by atoms with Crippen LogP contribution in [0.3, 0.4) is 0 Å². The number of carbonyl (C=O) groups is 1. The van der Waals surface area contributed by atoms with Crippen LogP contribution in [0.2, 0.25) is 0 Å². The minimum Gasteiger partial charge on any atom is -0.391 e. The van der Waals surface area contributed by atoms with Gasteiger partial charge in [0, 0.05) is 6.20 Å². The van der Waals surface area contributed by atoms with Crippen LogP contribution in [-0.4, -0.2) is 28.1 Å². The Bertz CT molecular complexity index is 406. The Morgan fingerprint density at radius 2 is 2.24 bits per heavy atom.